The molecule has 1 aromatic carbocycles. The van der Waals surface area contributed by atoms with Crippen LogP contribution in [0.15, 0.2) is 24.3 Å². The van der Waals surface area contributed by atoms with Gasteiger partial charge in [0.15, 0.2) is 0 Å². The van der Waals surface area contributed by atoms with Crippen molar-refractivity contribution in [1.29, 1.82) is 5.26 Å². The van der Waals surface area contributed by atoms with Crippen LogP contribution < -0.4 is 0 Å². The highest BCUT2D eigenvalue weighted by molar-refractivity contribution is 5.15. The summed E-state index contributed by atoms with van der Waals surface area (Å²) >= 11 is 0. The van der Waals surface area contributed by atoms with Crippen molar-refractivity contribution in [1.82, 2.24) is 4.90 Å². The Bertz CT molecular complexity index is 344. The van der Waals surface area contributed by atoms with Crippen molar-refractivity contribution in [3.63, 3.8) is 0 Å². The van der Waals surface area contributed by atoms with Crippen LogP contribution >= 0.6 is 0 Å². The van der Waals surface area contributed by atoms with Crippen LogP contribution in [0, 0.1) is 17.1 Å². The molecule has 0 saturated heterocycles. The highest BCUT2D eigenvalue weighted by Gasteiger charge is 2.00. The Balaban J connectivity index is 2.38. The molecular weight excluding hydrogens is 191 g/mol. The van der Waals surface area contributed by atoms with Crippen LogP contribution in [0.1, 0.15) is 18.4 Å². The van der Waals surface area contributed by atoms with E-state index in [0.717, 1.165) is 25.1 Å². The van der Waals surface area contributed by atoms with E-state index in [2.05, 4.69) is 11.0 Å². The molecule has 0 N–H and O–H groups in total. The summed E-state index contributed by atoms with van der Waals surface area (Å²) in [6.45, 7) is 1.59. The number of hydrogen-bond donors (Lipinski definition) is 0. The second-order valence-corrected chi connectivity index (χ2v) is 3.63. The fourth-order valence-corrected chi connectivity index (χ4v) is 1.45. The fourth-order valence-electron chi connectivity index (χ4n) is 1.45. The Morgan fingerprint density at radius 2 is 2.27 bits per heavy atom. The molecule has 80 valence electrons. The molecule has 0 atom stereocenters. The minimum absolute atomic E-state index is 0.196. The Labute approximate surface area is 89.9 Å². The Hall–Kier alpha value is -1.40. The third-order valence-electron chi connectivity index (χ3n) is 2.17. The lowest BCUT2D eigenvalue weighted by molar-refractivity contribution is 0.323. The summed E-state index contributed by atoms with van der Waals surface area (Å²) in [5.41, 5.74) is 0.967. The second-order valence-electron chi connectivity index (χ2n) is 3.63. The van der Waals surface area contributed by atoms with Gasteiger partial charge in [0.05, 0.1) is 6.07 Å². The first-order valence-electron chi connectivity index (χ1n) is 5.02. The molecule has 3 heteroatoms. The van der Waals surface area contributed by atoms with Gasteiger partial charge in [-0.1, -0.05) is 12.1 Å². The Morgan fingerprint density at radius 3 is 2.93 bits per heavy atom. The SMILES string of the molecule is CN(CCCC#N)Cc1cccc(F)c1. The van der Waals surface area contributed by atoms with Crippen molar-refractivity contribution in [2.75, 3.05) is 13.6 Å². The zero-order chi connectivity index (χ0) is 11.1. The molecule has 1 rings (SSSR count). The zero-order valence-corrected chi connectivity index (χ0v) is 8.91. The van der Waals surface area contributed by atoms with Gasteiger partial charge < -0.3 is 4.90 Å². The van der Waals surface area contributed by atoms with Gasteiger partial charge in [-0.15, -0.1) is 0 Å². The number of halogens is 1. The molecule has 0 heterocycles. The molecule has 0 fully saturated rings. The minimum Gasteiger partial charge on any atom is -0.302 e. The number of unbranched alkanes of at least 4 members (excludes halogenated alkanes) is 1. The molecule has 2 nitrogen and oxygen atoms in total. The summed E-state index contributed by atoms with van der Waals surface area (Å²) in [6.07, 6.45) is 1.44. The molecule has 0 amide bonds. The Morgan fingerprint density at radius 1 is 1.47 bits per heavy atom. The number of nitriles is 1. The van der Waals surface area contributed by atoms with Gasteiger partial charge in [-0.3, -0.25) is 0 Å². The molecule has 0 saturated carbocycles. The van der Waals surface area contributed by atoms with E-state index in [1.54, 1.807) is 12.1 Å². The smallest absolute Gasteiger partial charge is 0.123 e. The fraction of sp³-hybridized carbons (Fsp3) is 0.417. The molecular formula is C12H15FN2. The van der Waals surface area contributed by atoms with E-state index in [-0.39, 0.29) is 5.82 Å². The van der Waals surface area contributed by atoms with Crippen molar-refractivity contribution in [2.24, 2.45) is 0 Å². The summed E-state index contributed by atoms with van der Waals surface area (Å²) in [5, 5.41) is 8.39. The lowest BCUT2D eigenvalue weighted by Gasteiger charge is -2.15. The van der Waals surface area contributed by atoms with Gasteiger partial charge in [0.2, 0.25) is 0 Å². The van der Waals surface area contributed by atoms with E-state index in [9.17, 15) is 4.39 Å². The lowest BCUT2D eigenvalue weighted by atomic mass is 10.2. The number of benzene rings is 1. The summed E-state index contributed by atoms with van der Waals surface area (Å²) in [7, 11) is 1.97. The summed E-state index contributed by atoms with van der Waals surface area (Å²) in [5.74, 6) is -0.196. The highest BCUT2D eigenvalue weighted by Crippen LogP contribution is 2.06. The van der Waals surface area contributed by atoms with Crippen LogP contribution in [-0.4, -0.2) is 18.5 Å². The molecule has 0 aliphatic rings. The van der Waals surface area contributed by atoms with Crippen LogP contribution in [0.4, 0.5) is 4.39 Å². The third-order valence-corrected chi connectivity index (χ3v) is 2.17. The van der Waals surface area contributed by atoms with Crippen molar-refractivity contribution < 1.29 is 4.39 Å². The normalized spacial score (nSPS) is 10.3. The number of rotatable bonds is 5. The largest absolute Gasteiger partial charge is 0.302 e. The second kappa shape index (κ2) is 6.15. The van der Waals surface area contributed by atoms with Gasteiger partial charge in [-0.05, 0) is 37.7 Å². The predicted molar refractivity (Wildman–Crippen MR) is 57.6 cm³/mol. The van der Waals surface area contributed by atoms with E-state index >= 15 is 0 Å². The lowest BCUT2D eigenvalue weighted by Crippen LogP contribution is -2.18. The monoisotopic (exact) mass is 206 g/mol. The number of hydrogen-bond acceptors (Lipinski definition) is 2. The maximum Gasteiger partial charge on any atom is 0.123 e. The molecule has 0 aliphatic carbocycles. The number of nitrogens with zero attached hydrogens (tertiary/aromatic N) is 2. The van der Waals surface area contributed by atoms with Gasteiger partial charge in [0, 0.05) is 13.0 Å². The van der Waals surface area contributed by atoms with Crippen LogP contribution in [0.25, 0.3) is 0 Å². The predicted octanol–water partition coefficient (Wildman–Crippen LogP) is 2.56. The van der Waals surface area contributed by atoms with Gasteiger partial charge in [0.1, 0.15) is 5.82 Å². The van der Waals surface area contributed by atoms with Crippen molar-refractivity contribution >= 4 is 0 Å². The molecule has 0 unspecified atom stereocenters. The quantitative estimate of drug-likeness (QED) is 0.692. The van der Waals surface area contributed by atoms with E-state index in [1.807, 2.05) is 13.1 Å². The van der Waals surface area contributed by atoms with Crippen LogP contribution in [0.2, 0.25) is 0 Å². The molecule has 15 heavy (non-hydrogen) atoms. The van der Waals surface area contributed by atoms with Crippen LogP contribution in [-0.2, 0) is 6.54 Å². The van der Waals surface area contributed by atoms with Crippen molar-refractivity contribution in [3.05, 3.63) is 35.6 Å². The average Bonchev–Trinajstić information content (AvgIpc) is 2.18. The van der Waals surface area contributed by atoms with Crippen molar-refractivity contribution in [2.45, 2.75) is 19.4 Å². The molecule has 0 spiro atoms. The van der Waals surface area contributed by atoms with Crippen molar-refractivity contribution in [3.8, 4) is 6.07 Å². The molecule has 0 aliphatic heterocycles. The van der Waals surface area contributed by atoms with Gasteiger partial charge in [0.25, 0.3) is 0 Å². The average molecular weight is 206 g/mol. The summed E-state index contributed by atoms with van der Waals surface area (Å²) < 4.78 is 12.9. The first-order valence-corrected chi connectivity index (χ1v) is 5.02. The van der Waals surface area contributed by atoms with E-state index in [1.165, 1.54) is 6.07 Å². The van der Waals surface area contributed by atoms with Crippen LogP contribution in [0.5, 0.6) is 0 Å². The molecule has 0 radical (unpaired) electrons. The molecule has 1 aromatic rings. The first-order chi connectivity index (χ1) is 7.22. The first kappa shape index (κ1) is 11.7. The van der Waals surface area contributed by atoms with E-state index in [4.69, 9.17) is 5.26 Å². The Kier molecular flexibility index (Phi) is 4.79. The van der Waals surface area contributed by atoms with E-state index < -0.39 is 0 Å². The zero-order valence-electron chi connectivity index (χ0n) is 8.91. The van der Waals surface area contributed by atoms with E-state index in [0.29, 0.717) is 6.42 Å². The standard InChI is InChI=1S/C12H15FN2/c1-15(8-3-2-7-14)10-11-5-4-6-12(13)9-11/h4-6,9H,2-3,8,10H2,1H3. The maximum absolute atomic E-state index is 12.9. The summed E-state index contributed by atoms with van der Waals surface area (Å²) in [6, 6.07) is 8.72. The molecule has 0 bridgehead atoms. The summed E-state index contributed by atoms with van der Waals surface area (Å²) in [4.78, 5) is 2.09. The topological polar surface area (TPSA) is 27.0 Å². The van der Waals surface area contributed by atoms with Gasteiger partial charge in [-0.25, -0.2) is 4.39 Å². The van der Waals surface area contributed by atoms with Gasteiger partial charge in [-0.2, -0.15) is 5.26 Å². The highest BCUT2D eigenvalue weighted by atomic mass is 19.1. The maximum atomic E-state index is 12.9. The third kappa shape index (κ3) is 4.57. The minimum atomic E-state index is -0.196. The van der Waals surface area contributed by atoms with Gasteiger partial charge >= 0.3 is 0 Å². The molecule has 0 aromatic heterocycles. The van der Waals surface area contributed by atoms with Crippen LogP contribution in [0.3, 0.4) is 0 Å².